The van der Waals surface area contributed by atoms with Gasteiger partial charge in [0.1, 0.15) is 5.82 Å². The van der Waals surface area contributed by atoms with Crippen molar-refractivity contribution in [1.29, 1.82) is 0 Å². The van der Waals surface area contributed by atoms with Crippen LogP contribution in [-0.2, 0) is 6.54 Å². The highest BCUT2D eigenvalue weighted by molar-refractivity contribution is 7.98. The van der Waals surface area contributed by atoms with Crippen LogP contribution in [0.3, 0.4) is 0 Å². The van der Waals surface area contributed by atoms with Crippen LogP contribution in [0.15, 0.2) is 47.4 Å². The zero-order valence-corrected chi connectivity index (χ0v) is 11.7. The van der Waals surface area contributed by atoms with Crippen molar-refractivity contribution in [2.75, 3.05) is 11.6 Å². The van der Waals surface area contributed by atoms with E-state index in [0.29, 0.717) is 17.1 Å². The third-order valence-electron chi connectivity index (χ3n) is 2.86. The topological polar surface area (TPSA) is 49.3 Å². The van der Waals surface area contributed by atoms with E-state index < -0.39 is 5.97 Å². The molecule has 0 unspecified atom stereocenters. The van der Waals surface area contributed by atoms with E-state index in [-0.39, 0.29) is 11.4 Å². The number of nitrogens with one attached hydrogen (secondary N) is 1. The van der Waals surface area contributed by atoms with E-state index in [1.54, 1.807) is 24.3 Å². The van der Waals surface area contributed by atoms with E-state index in [1.807, 2.05) is 12.3 Å². The second-order valence-corrected chi connectivity index (χ2v) is 5.02. The van der Waals surface area contributed by atoms with Crippen molar-refractivity contribution >= 4 is 23.4 Å². The maximum Gasteiger partial charge on any atom is 0.338 e. The number of thioether (sulfide) groups is 1. The highest BCUT2D eigenvalue weighted by Gasteiger charge is 2.14. The van der Waals surface area contributed by atoms with Gasteiger partial charge in [-0.1, -0.05) is 18.2 Å². The Hall–Kier alpha value is -2.01. The van der Waals surface area contributed by atoms with Crippen molar-refractivity contribution in [2.24, 2.45) is 0 Å². The summed E-state index contributed by atoms with van der Waals surface area (Å²) in [5.74, 6) is -1.25. The molecule has 0 aliphatic rings. The van der Waals surface area contributed by atoms with Crippen LogP contribution in [0.4, 0.5) is 10.1 Å². The molecule has 0 atom stereocenters. The molecule has 104 valence electrons. The van der Waals surface area contributed by atoms with Crippen LogP contribution in [0.5, 0.6) is 0 Å². The van der Waals surface area contributed by atoms with E-state index in [1.165, 1.54) is 23.9 Å². The highest BCUT2D eigenvalue weighted by atomic mass is 32.2. The number of benzene rings is 2. The van der Waals surface area contributed by atoms with Crippen molar-refractivity contribution < 1.29 is 14.3 Å². The second kappa shape index (κ2) is 6.43. The van der Waals surface area contributed by atoms with Gasteiger partial charge in [0, 0.05) is 11.4 Å². The SMILES string of the molecule is CSc1cccc(NCc2ccc(F)cc2)c1C(=O)O. The molecular weight excluding hydrogens is 277 g/mol. The monoisotopic (exact) mass is 291 g/mol. The minimum Gasteiger partial charge on any atom is -0.478 e. The number of carbonyl (C=O) groups is 1. The maximum atomic E-state index is 12.8. The lowest BCUT2D eigenvalue weighted by Crippen LogP contribution is -2.07. The minimum absolute atomic E-state index is 0.266. The third kappa shape index (κ3) is 3.30. The molecule has 0 amide bonds. The molecule has 5 heteroatoms. The molecule has 0 radical (unpaired) electrons. The summed E-state index contributed by atoms with van der Waals surface area (Å²) in [6, 6.07) is 11.4. The van der Waals surface area contributed by atoms with Gasteiger partial charge in [-0.25, -0.2) is 9.18 Å². The zero-order chi connectivity index (χ0) is 14.5. The lowest BCUT2D eigenvalue weighted by molar-refractivity contribution is 0.0694. The standard InChI is InChI=1S/C15H14FNO2S/c1-20-13-4-2-3-12(14(13)15(18)19)17-9-10-5-7-11(16)8-6-10/h2-8,17H,9H2,1H3,(H,18,19). The summed E-state index contributed by atoms with van der Waals surface area (Å²) in [4.78, 5) is 12.1. The molecule has 0 spiro atoms. The molecule has 0 heterocycles. The van der Waals surface area contributed by atoms with E-state index in [2.05, 4.69) is 5.32 Å². The lowest BCUT2D eigenvalue weighted by atomic mass is 10.1. The average Bonchev–Trinajstić information content (AvgIpc) is 2.46. The van der Waals surface area contributed by atoms with Gasteiger partial charge in [-0.05, 0) is 36.1 Å². The summed E-state index contributed by atoms with van der Waals surface area (Å²) >= 11 is 1.39. The molecule has 0 fully saturated rings. The molecule has 0 saturated carbocycles. The molecule has 3 nitrogen and oxygen atoms in total. The Bertz CT molecular complexity index is 614. The third-order valence-corrected chi connectivity index (χ3v) is 3.64. The number of halogens is 1. The van der Waals surface area contributed by atoms with E-state index in [9.17, 15) is 14.3 Å². The summed E-state index contributed by atoms with van der Waals surface area (Å²) < 4.78 is 12.8. The first kappa shape index (κ1) is 14.4. The number of aromatic carboxylic acids is 1. The molecule has 2 aromatic rings. The fourth-order valence-corrected chi connectivity index (χ4v) is 2.48. The molecule has 0 aliphatic heterocycles. The van der Waals surface area contributed by atoms with Gasteiger partial charge in [0.05, 0.1) is 11.3 Å². The largest absolute Gasteiger partial charge is 0.478 e. The fraction of sp³-hybridized carbons (Fsp3) is 0.133. The van der Waals surface area contributed by atoms with Crippen molar-refractivity contribution in [2.45, 2.75) is 11.4 Å². The zero-order valence-electron chi connectivity index (χ0n) is 10.9. The summed E-state index contributed by atoms with van der Waals surface area (Å²) in [5, 5.41) is 12.4. The Morgan fingerprint density at radius 2 is 1.95 bits per heavy atom. The summed E-state index contributed by atoms with van der Waals surface area (Å²) in [5.41, 5.74) is 1.72. The summed E-state index contributed by atoms with van der Waals surface area (Å²) in [6.07, 6.45) is 1.84. The number of anilines is 1. The van der Waals surface area contributed by atoms with Crippen LogP contribution in [0.2, 0.25) is 0 Å². The fourth-order valence-electron chi connectivity index (χ4n) is 1.87. The Morgan fingerprint density at radius 3 is 2.55 bits per heavy atom. The van der Waals surface area contributed by atoms with E-state index in [0.717, 1.165) is 5.56 Å². The van der Waals surface area contributed by atoms with Crippen molar-refractivity contribution in [3.8, 4) is 0 Å². The van der Waals surface area contributed by atoms with Gasteiger partial charge < -0.3 is 10.4 Å². The molecule has 2 N–H and O–H groups in total. The molecular formula is C15H14FNO2S. The summed E-state index contributed by atoms with van der Waals surface area (Å²) in [7, 11) is 0. The van der Waals surface area contributed by atoms with E-state index in [4.69, 9.17) is 0 Å². The van der Waals surface area contributed by atoms with Crippen molar-refractivity contribution in [3.05, 3.63) is 59.4 Å². The predicted molar refractivity (Wildman–Crippen MR) is 78.9 cm³/mol. The van der Waals surface area contributed by atoms with Gasteiger partial charge in [-0.15, -0.1) is 11.8 Å². The lowest BCUT2D eigenvalue weighted by Gasteiger charge is -2.12. The maximum absolute atomic E-state index is 12.8. The van der Waals surface area contributed by atoms with Crippen molar-refractivity contribution in [3.63, 3.8) is 0 Å². The normalized spacial score (nSPS) is 10.3. The number of hydrogen-bond donors (Lipinski definition) is 2. The molecule has 20 heavy (non-hydrogen) atoms. The van der Waals surface area contributed by atoms with Gasteiger partial charge in [0.15, 0.2) is 0 Å². The predicted octanol–water partition coefficient (Wildman–Crippen LogP) is 3.86. The molecule has 0 bridgehead atoms. The van der Waals surface area contributed by atoms with Gasteiger partial charge in [-0.3, -0.25) is 0 Å². The summed E-state index contributed by atoms with van der Waals surface area (Å²) in [6.45, 7) is 0.443. The van der Waals surface area contributed by atoms with Gasteiger partial charge in [0.2, 0.25) is 0 Å². The smallest absolute Gasteiger partial charge is 0.338 e. The number of hydrogen-bond acceptors (Lipinski definition) is 3. The first-order valence-electron chi connectivity index (χ1n) is 6.00. The Labute approximate surface area is 120 Å². The van der Waals surface area contributed by atoms with Crippen LogP contribution in [0.1, 0.15) is 15.9 Å². The Kier molecular flexibility index (Phi) is 4.63. The quantitative estimate of drug-likeness (QED) is 0.821. The second-order valence-electron chi connectivity index (χ2n) is 4.17. The number of carboxylic acids is 1. The van der Waals surface area contributed by atoms with Crippen LogP contribution >= 0.6 is 11.8 Å². The van der Waals surface area contributed by atoms with Crippen molar-refractivity contribution in [1.82, 2.24) is 0 Å². The molecule has 2 rings (SSSR count). The molecule has 2 aromatic carbocycles. The highest BCUT2D eigenvalue weighted by Crippen LogP contribution is 2.27. The Balaban J connectivity index is 2.21. The Morgan fingerprint density at radius 1 is 1.25 bits per heavy atom. The first-order chi connectivity index (χ1) is 9.61. The molecule has 0 saturated heterocycles. The number of carboxylic acid groups (broad SMARTS) is 1. The van der Waals surface area contributed by atoms with Crippen LogP contribution in [0.25, 0.3) is 0 Å². The minimum atomic E-state index is -0.962. The first-order valence-corrected chi connectivity index (χ1v) is 7.23. The van der Waals surface area contributed by atoms with Gasteiger partial charge in [-0.2, -0.15) is 0 Å². The van der Waals surface area contributed by atoms with Gasteiger partial charge >= 0.3 is 5.97 Å². The van der Waals surface area contributed by atoms with Crippen LogP contribution < -0.4 is 5.32 Å². The van der Waals surface area contributed by atoms with E-state index >= 15 is 0 Å². The molecule has 0 aliphatic carbocycles. The van der Waals surface area contributed by atoms with Crippen LogP contribution in [0, 0.1) is 5.82 Å². The number of rotatable bonds is 5. The van der Waals surface area contributed by atoms with Crippen LogP contribution in [-0.4, -0.2) is 17.3 Å². The van der Waals surface area contributed by atoms with Gasteiger partial charge in [0.25, 0.3) is 0 Å². The average molecular weight is 291 g/mol. The molecule has 0 aromatic heterocycles.